The highest BCUT2D eigenvalue weighted by molar-refractivity contribution is 5.44. The fourth-order valence-corrected chi connectivity index (χ4v) is 6.24. The van der Waals surface area contributed by atoms with E-state index in [1.165, 1.54) is 52.6 Å². The average molecular weight is 424 g/mol. The number of fused-ring (bicyclic) bond motifs is 2. The molecule has 0 spiro atoms. The Labute approximate surface area is 194 Å². The van der Waals surface area contributed by atoms with Crippen molar-refractivity contribution in [1.82, 2.24) is 4.90 Å². The molecule has 1 nitrogen and oxygen atoms in total. The third-order valence-electron chi connectivity index (χ3n) is 7.84. The van der Waals surface area contributed by atoms with Crippen LogP contribution >= 0.6 is 0 Å². The van der Waals surface area contributed by atoms with E-state index in [0.717, 1.165) is 13.1 Å². The lowest BCUT2D eigenvalue weighted by Crippen LogP contribution is -2.35. The van der Waals surface area contributed by atoms with Crippen molar-refractivity contribution >= 4 is 0 Å². The molecule has 1 aliphatic heterocycles. The van der Waals surface area contributed by atoms with Gasteiger partial charge in [-0.25, -0.2) is 0 Å². The zero-order chi connectivity index (χ0) is 22.5. The summed E-state index contributed by atoms with van der Waals surface area (Å²) in [5, 5.41) is 0. The highest BCUT2D eigenvalue weighted by Gasteiger charge is 2.35. The Balaban J connectivity index is 1.48. The van der Waals surface area contributed by atoms with Gasteiger partial charge in [-0.15, -0.1) is 0 Å². The van der Waals surface area contributed by atoms with Gasteiger partial charge in [-0.1, -0.05) is 87.0 Å². The monoisotopic (exact) mass is 423 g/mol. The van der Waals surface area contributed by atoms with E-state index < -0.39 is 0 Å². The standard InChI is InChI=1S/C31H37N/c1-21-10-14-28(22(2)16-21)23(3)25-12-11-24-13-15-30(29(24)17-25)32-19-27-9-7-6-8-26(27)18-31(4,5)20-32/h6-12,14,16-17,23,30H,13,15,18-20H2,1-5H3. The van der Waals surface area contributed by atoms with Crippen LogP contribution in [0, 0.1) is 19.3 Å². The first-order chi connectivity index (χ1) is 15.3. The van der Waals surface area contributed by atoms with Gasteiger partial charge in [0.1, 0.15) is 0 Å². The second-order valence-corrected chi connectivity index (χ2v) is 11.1. The van der Waals surface area contributed by atoms with Crippen LogP contribution in [0.3, 0.4) is 0 Å². The molecule has 0 fully saturated rings. The summed E-state index contributed by atoms with van der Waals surface area (Å²) < 4.78 is 0. The lowest BCUT2D eigenvalue weighted by molar-refractivity contribution is 0.129. The molecule has 3 aromatic rings. The maximum absolute atomic E-state index is 2.78. The van der Waals surface area contributed by atoms with Gasteiger partial charge in [-0.2, -0.15) is 0 Å². The largest absolute Gasteiger partial charge is 0.292 e. The first-order valence-electron chi connectivity index (χ1n) is 12.3. The summed E-state index contributed by atoms with van der Waals surface area (Å²) in [6, 6.07) is 23.9. The maximum atomic E-state index is 2.78. The van der Waals surface area contributed by atoms with E-state index in [4.69, 9.17) is 0 Å². The second kappa shape index (κ2) is 8.19. The number of benzene rings is 3. The first-order valence-corrected chi connectivity index (χ1v) is 12.3. The van der Waals surface area contributed by atoms with Crippen molar-refractivity contribution < 1.29 is 0 Å². The molecule has 2 unspecified atom stereocenters. The van der Waals surface area contributed by atoms with Crippen molar-refractivity contribution in [2.24, 2.45) is 5.41 Å². The molecule has 1 heterocycles. The molecule has 0 aromatic heterocycles. The number of aryl methyl sites for hydroxylation is 3. The zero-order valence-corrected chi connectivity index (χ0v) is 20.4. The smallest absolute Gasteiger partial charge is 0.0357 e. The van der Waals surface area contributed by atoms with Crippen LogP contribution in [0.4, 0.5) is 0 Å². The molecule has 3 aromatic carbocycles. The van der Waals surface area contributed by atoms with Crippen molar-refractivity contribution in [2.45, 2.75) is 72.4 Å². The van der Waals surface area contributed by atoms with Gasteiger partial charge in [0.2, 0.25) is 0 Å². The number of rotatable bonds is 3. The van der Waals surface area contributed by atoms with Crippen LogP contribution in [0.2, 0.25) is 0 Å². The van der Waals surface area contributed by atoms with Crippen LogP contribution in [-0.2, 0) is 19.4 Å². The summed E-state index contributed by atoms with van der Waals surface area (Å²) in [5.41, 5.74) is 12.1. The first kappa shape index (κ1) is 21.5. The van der Waals surface area contributed by atoms with E-state index in [9.17, 15) is 0 Å². The fraction of sp³-hybridized carbons (Fsp3) is 0.419. The molecule has 0 amide bonds. The predicted octanol–water partition coefficient (Wildman–Crippen LogP) is 7.53. The van der Waals surface area contributed by atoms with Crippen molar-refractivity contribution in [3.63, 3.8) is 0 Å². The van der Waals surface area contributed by atoms with Gasteiger partial charge in [0.25, 0.3) is 0 Å². The van der Waals surface area contributed by atoms with E-state index in [1.54, 1.807) is 11.1 Å². The molecule has 0 bridgehead atoms. The van der Waals surface area contributed by atoms with Crippen LogP contribution in [0.5, 0.6) is 0 Å². The van der Waals surface area contributed by atoms with E-state index in [2.05, 4.69) is 100 Å². The average Bonchev–Trinajstić information content (AvgIpc) is 3.11. The number of nitrogens with zero attached hydrogens (tertiary/aromatic N) is 1. The summed E-state index contributed by atoms with van der Waals surface area (Å²) in [7, 11) is 0. The number of hydrogen-bond donors (Lipinski definition) is 0. The molecule has 2 atom stereocenters. The van der Waals surface area contributed by atoms with Gasteiger partial charge in [0, 0.05) is 25.0 Å². The molecule has 0 radical (unpaired) electrons. The van der Waals surface area contributed by atoms with Gasteiger partial charge >= 0.3 is 0 Å². The van der Waals surface area contributed by atoms with E-state index >= 15 is 0 Å². The Hall–Kier alpha value is -2.38. The lowest BCUT2D eigenvalue weighted by atomic mass is 9.85. The molecular weight excluding hydrogens is 386 g/mol. The Morgan fingerprint density at radius 1 is 0.906 bits per heavy atom. The minimum absolute atomic E-state index is 0.291. The van der Waals surface area contributed by atoms with Gasteiger partial charge in [0.15, 0.2) is 0 Å². The minimum Gasteiger partial charge on any atom is -0.292 e. The Bertz CT molecular complexity index is 1140. The third kappa shape index (κ3) is 4.04. The summed E-state index contributed by atoms with van der Waals surface area (Å²) in [6.45, 7) is 13.9. The SMILES string of the molecule is Cc1ccc(C(C)c2ccc3c(c2)C(N2Cc4ccccc4CC(C)(C)C2)CC3)c(C)c1. The van der Waals surface area contributed by atoms with Crippen LogP contribution in [-0.4, -0.2) is 11.4 Å². The van der Waals surface area contributed by atoms with Gasteiger partial charge in [0.05, 0.1) is 0 Å². The van der Waals surface area contributed by atoms with Crippen molar-refractivity contribution in [3.8, 4) is 0 Å². The summed E-state index contributed by atoms with van der Waals surface area (Å²) in [4.78, 5) is 2.78. The highest BCUT2D eigenvalue weighted by atomic mass is 15.2. The van der Waals surface area contributed by atoms with Crippen LogP contribution in [0.15, 0.2) is 60.7 Å². The summed E-state index contributed by atoms with van der Waals surface area (Å²) in [6.07, 6.45) is 3.62. The quantitative estimate of drug-likeness (QED) is 0.421. The summed E-state index contributed by atoms with van der Waals surface area (Å²) in [5.74, 6) is 0.420. The molecule has 1 aliphatic carbocycles. The van der Waals surface area contributed by atoms with E-state index in [0.29, 0.717) is 17.4 Å². The van der Waals surface area contributed by atoms with Crippen molar-refractivity contribution in [2.75, 3.05) is 6.54 Å². The fourth-order valence-electron chi connectivity index (χ4n) is 6.24. The van der Waals surface area contributed by atoms with Crippen LogP contribution in [0.1, 0.15) is 83.7 Å². The van der Waals surface area contributed by atoms with Crippen molar-refractivity contribution in [1.29, 1.82) is 0 Å². The van der Waals surface area contributed by atoms with Gasteiger partial charge in [-0.3, -0.25) is 4.90 Å². The molecule has 32 heavy (non-hydrogen) atoms. The molecule has 2 aliphatic rings. The zero-order valence-electron chi connectivity index (χ0n) is 20.4. The molecule has 1 heteroatoms. The third-order valence-corrected chi connectivity index (χ3v) is 7.84. The maximum Gasteiger partial charge on any atom is 0.0357 e. The minimum atomic E-state index is 0.291. The highest BCUT2D eigenvalue weighted by Crippen LogP contribution is 2.42. The van der Waals surface area contributed by atoms with Gasteiger partial charge < -0.3 is 0 Å². The van der Waals surface area contributed by atoms with Crippen LogP contribution in [0.25, 0.3) is 0 Å². The topological polar surface area (TPSA) is 3.24 Å². The molecule has 0 N–H and O–H groups in total. The molecule has 0 saturated carbocycles. The Morgan fingerprint density at radius 3 is 2.47 bits per heavy atom. The molecule has 0 saturated heterocycles. The van der Waals surface area contributed by atoms with E-state index in [1.807, 2.05) is 0 Å². The lowest BCUT2D eigenvalue weighted by Gasteiger charge is -2.34. The van der Waals surface area contributed by atoms with E-state index in [-0.39, 0.29) is 0 Å². The van der Waals surface area contributed by atoms with Gasteiger partial charge in [-0.05, 0) is 77.5 Å². The molecule has 5 rings (SSSR count). The normalized spacial score (nSPS) is 21.0. The predicted molar refractivity (Wildman–Crippen MR) is 135 cm³/mol. The Morgan fingerprint density at radius 2 is 1.69 bits per heavy atom. The summed E-state index contributed by atoms with van der Waals surface area (Å²) >= 11 is 0. The molecular formula is C31H37N. The number of hydrogen-bond acceptors (Lipinski definition) is 1. The van der Waals surface area contributed by atoms with Crippen LogP contribution < -0.4 is 0 Å². The second-order valence-electron chi connectivity index (χ2n) is 11.1. The van der Waals surface area contributed by atoms with Crippen molar-refractivity contribution in [3.05, 3.63) is 105 Å². The Kier molecular flexibility index (Phi) is 5.50. The molecule has 166 valence electrons.